The van der Waals surface area contributed by atoms with Crippen LogP contribution in [0, 0.1) is 20.8 Å². The molecule has 0 aliphatic heterocycles. The summed E-state index contributed by atoms with van der Waals surface area (Å²) in [5.74, 6) is 0.149. The van der Waals surface area contributed by atoms with E-state index in [0.29, 0.717) is 18.2 Å². The maximum atomic E-state index is 12.5. The van der Waals surface area contributed by atoms with Crippen molar-refractivity contribution in [1.29, 1.82) is 0 Å². The van der Waals surface area contributed by atoms with Crippen LogP contribution in [0.1, 0.15) is 33.0 Å². The van der Waals surface area contributed by atoms with Gasteiger partial charge in [-0.3, -0.25) is 9.78 Å². The molecule has 1 amide bonds. The lowest BCUT2D eigenvalue weighted by molar-refractivity contribution is 0.0945. The Morgan fingerprint density at radius 2 is 1.77 bits per heavy atom. The molecule has 0 radical (unpaired) electrons. The zero-order valence-electron chi connectivity index (χ0n) is 15.1. The van der Waals surface area contributed by atoms with Crippen molar-refractivity contribution in [1.82, 2.24) is 20.3 Å². The predicted molar refractivity (Wildman–Crippen MR) is 101 cm³/mol. The number of amides is 1. The van der Waals surface area contributed by atoms with Gasteiger partial charge in [0.2, 0.25) is 5.95 Å². The summed E-state index contributed by atoms with van der Waals surface area (Å²) in [5.41, 5.74) is 4.98. The molecule has 132 valence electrons. The highest BCUT2D eigenvalue weighted by Crippen LogP contribution is 2.22. The normalized spacial score (nSPS) is 10.4. The highest BCUT2D eigenvalue weighted by Gasteiger charge is 2.12. The third-order valence-electron chi connectivity index (χ3n) is 3.96. The lowest BCUT2D eigenvalue weighted by atomic mass is 10.1. The Bertz CT molecular complexity index is 904. The molecule has 3 aromatic rings. The first-order valence-electron chi connectivity index (χ1n) is 8.40. The Hall–Kier alpha value is -3.28. The highest BCUT2D eigenvalue weighted by atomic mass is 16.1. The Morgan fingerprint density at radius 3 is 2.46 bits per heavy atom. The minimum absolute atomic E-state index is 0.259. The number of hydrogen-bond donors (Lipinski definition) is 2. The lowest BCUT2D eigenvalue weighted by Gasteiger charge is -2.12. The zero-order valence-corrected chi connectivity index (χ0v) is 15.1. The molecule has 0 aliphatic rings. The van der Waals surface area contributed by atoms with Gasteiger partial charge in [-0.25, -0.2) is 9.97 Å². The molecular formula is C20H21N5O. The van der Waals surface area contributed by atoms with Crippen molar-refractivity contribution in [2.45, 2.75) is 27.3 Å². The monoisotopic (exact) mass is 347 g/mol. The van der Waals surface area contributed by atoms with Crippen molar-refractivity contribution in [2.75, 3.05) is 5.32 Å². The Kier molecular flexibility index (Phi) is 5.22. The van der Waals surface area contributed by atoms with Gasteiger partial charge in [-0.2, -0.15) is 0 Å². The molecule has 0 saturated carbocycles. The minimum Gasteiger partial charge on any atom is -0.345 e. The number of anilines is 2. The molecule has 0 fully saturated rings. The number of aryl methyl sites for hydroxylation is 3. The van der Waals surface area contributed by atoms with Crippen LogP contribution in [0.5, 0.6) is 0 Å². The van der Waals surface area contributed by atoms with Crippen LogP contribution in [0.4, 0.5) is 11.6 Å². The number of rotatable bonds is 5. The summed E-state index contributed by atoms with van der Waals surface area (Å²) >= 11 is 0. The summed E-state index contributed by atoms with van der Waals surface area (Å²) in [4.78, 5) is 25.4. The number of nitrogens with one attached hydrogen (secondary N) is 2. The number of hydrogen-bond acceptors (Lipinski definition) is 5. The maximum absolute atomic E-state index is 12.5. The summed E-state index contributed by atoms with van der Waals surface area (Å²) in [5, 5.41) is 6.07. The summed E-state index contributed by atoms with van der Waals surface area (Å²) in [6.07, 6.45) is 1.70. The van der Waals surface area contributed by atoms with Gasteiger partial charge in [-0.15, -0.1) is 0 Å². The highest BCUT2D eigenvalue weighted by molar-refractivity contribution is 5.92. The van der Waals surface area contributed by atoms with Crippen LogP contribution in [0.15, 0.2) is 48.7 Å². The quantitative estimate of drug-likeness (QED) is 0.739. The van der Waals surface area contributed by atoms with E-state index in [-0.39, 0.29) is 5.91 Å². The predicted octanol–water partition coefficient (Wildman–Crippen LogP) is 3.47. The second-order valence-corrected chi connectivity index (χ2v) is 6.11. The average Bonchev–Trinajstić information content (AvgIpc) is 2.63. The number of benzene rings is 1. The summed E-state index contributed by atoms with van der Waals surface area (Å²) < 4.78 is 0. The second kappa shape index (κ2) is 7.74. The molecule has 26 heavy (non-hydrogen) atoms. The van der Waals surface area contributed by atoms with E-state index in [9.17, 15) is 4.79 Å². The first-order chi connectivity index (χ1) is 12.5. The smallest absolute Gasteiger partial charge is 0.270 e. The van der Waals surface area contributed by atoms with Crippen molar-refractivity contribution in [3.8, 4) is 0 Å². The largest absolute Gasteiger partial charge is 0.345 e. The van der Waals surface area contributed by atoms with E-state index in [1.807, 2.05) is 57.2 Å². The molecule has 0 aliphatic carbocycles. The van der Waals surface area contributed by atoms with E-state index in [2.05, 4.69) is 25.6 Å². The fourth-order valence-corrected chi connectivity index (χ4v) is 2.63. The van der Waals surface area contributed by atoms with Gasteiger partial charge in [0.1, 0.15) is 5.69 Å². The van der Waals surface area contributed by atoms with Crippen LogP contribution in [0.25, 0.3) is 0 Å². The van der Waals surface area contributed by atoms with Crippen LogP contribution in [-0.2, 0) is 6.54 Å². The first kappa shape index (κ1) is 17.5. The molecule has 2 heterocycles. The molecule has 0 saturated heterocycles. The number of para-hydroxylation sites is 1. The van der Waals surface area contributed by atoms with E-state index < -0.39 is 0 Å². The van der Waals surface area contributed by atoms with Crippen molar-refractivity contribution >= 4 is 17.5 Å². The number of carbonyl (C=O) groups excluding carboxylic acids is 1. The maximum Gasteiger partial charge on any atom is 0.270 e. The number of nitrogens with zero attached hydrogens (tertiary/aromatic N) is 3. The average molecular weight is 347 g/mol. The second-order valence-electron chi connectivity index (χ2n) is 6.11. The molecule has 0 spiro atoms. The fraction of sp³-hybridized carbons (Fsp3) is 0.200. The van der Waals surface area contributed by atoms with E-state index in [0.717, 1.165) is 28.2 Å². The van der Waals surface area contributed by atoms with Crippen LogP contribution in [-0.4, -0.2) is 20.9 Å². The van der Waals surface area contributed by atoms with Crippen molar-refractivity contribution in [2.24, 2.45) is 0 Å². The van der Waals surface area contributed by atoms with Gasteiger partial charge >= 0.3 is 0 Å². The standard InChI is InChI=1S/C20H21N5O/c1-13-7-6-8-14(2)18(13)25-20-23-15(3)11-17(24-20)19(26)22-12-16-9-4-5-10-21-16/h4-11H,12H2,1-3H3,(H,22,26)(H,23,24,25). The van der Waals surface area contributed by atoms with E-state index in [4.69, 9.17) is 0 Å². The molecule has 6 heteroatoms. The molecule has 2 N–H and O–H groups in total. The van der Waals surface area contributed by atoms with Crippen molar-refractivity contribution < 1.29 is 4.79 Å². The lowest BCUT2D eigenvalue weighted by Crippen LogP contribution is -2.25. The fourth-order valence-electron chi connectivity index (χ4n) is 2.63. The zero-order chi connectivity index (χ0) is 18.5. The van der Waals surface area contributed by atoms with Gasteiger partial charge in [0.15, 0.2) is 0 Å². The molecule has 3 rings (SSSR count). The molecule has 2 aromatic heterocycles. The van der Waals surface area contributed by atoms with Crippen molar-refractivity contribution in [3.63, 3.8) is 0 Å². The molecule has 0 atom stereocenters. The van der Waals surface area contributed by atoms with Gasteiger partial charge in [-0.1, -0.05) is 24.3 Å². The van der Waals surface area contributed by atoms with Gasteiger partial charge in [0.05, 0.1) is 12.2 Å². The van der Waals surface area contributed by atoms with Crippen LogP contribution in [0.2, 0.25) is 0 Å². The molecular weight excluding hydrogens is 326 g/mol. The van der Waals surface area contributed by atoms with Crippen molar-refractivity contribution in [3.05, 3.63) is 76.9 Å². The van der Waals surface area contributed by atoms with Gasteiger partial charge in [0, 0.05) is 17.6 Å². The molecule has 1 aromatic carbocycles. The van der Waals surface area contributed by atoms with Gasteiger partial charge in [0.25, 0.3) is 5.91 Å². The minimum atomic E-state index is -0.259. The third kappa shape index (κ3) is 4.22. The molecule has 0 bridgehead atoms. The van der Waals surface area contributed by atoms with E-state index >= 15 is 0 Å². The van der Waals surface area contributed by atoms with Crippen LogP contribution >= 0.6 is 0 Å². The summed E-state index contributed by atoms with van der Waals surface area (Å²) in [6, 6.07) is 13.3. The van der Waals surface area contributed by atoms with E-state index in [1.54, 1.807) is 12.3 Å². The Labute approximate surface area is 152 Å². The number of aromatic nitrogens is 3. The Balaban J connectivity index is 1.78. The third-order valence-corrected chi connectivity index (χ3v) is 3.96. The topological polar surface area (TPSA) is 79.8 Å². The van der Waals surface area contributed by atoms with Gasteiger partial charge < -0.3 is 10.6 Å². The molecule has 0 unspecified atom stereocenters. The summed E-state index contributed by atoms with van der Waals surface area (Å²) in [7, 11) is 0. The SMILES string of the molecule is Cc1cc(C(=O)NCc2ccccn2)nc(Nc2c(C)cccc2C)n1. The number of pyridine rings is 1. The van der Waals surface area contributed by atoms with E-state index in [1.165, 1.54) is 0 Å². The van der Waals surface area contributed by atoms with Gasteiger partial charge in [-0.05, 0) is 50.1 Å². The molecule has 6 nitrogen and oxygen atoms in total. The van der Waals surface area contributed by atoms with Crippen LogP contribution in [0.3, 0.4) is 0 Å². The Morgan fingerprint density at radius 1 is 1.00 bits per heavy atom. The van der Waals surface area contributed by atoms with Crippen LogP contribution < -0.4 is 10.6 Å². The number of carbonyl (C=O) groups is 1. The first-order valence-corrected chi connectivity index (χ1v) is 8.40. The summed E-state index contributed by atoms with van der Waals surface area (Å²) in [6.45, 7) is 6.23.